The van der Waals surface area contributed by atoms with Gasteiger partial charge in [0.1, 0.15) is 5.71 Å². The van der Waals surface area contributed by atoms with Gasteiger partial charge in [-0.15, -0.1) is 0 Å². The molecule has 0 saturated heterocycles. The number of hydrogen-bond acceptors (Lipinski definition) is 4. The quantitative estimate of drug-likeness (QED) is 0.516. The lowest BCUT2D eigenvalue weighted by Gasteiger charge is -2.12. The molecule has 1 aromatic heterocycles. The lowest BCUT2D eigenvalue weighted by molar-refractivity contribution is -0.696. The van der Waals surface area contributed by atoms with Crippen LogP contribution in [0.3, 0.4) is 0 Å². The Balaban J connectivity index is 1.58. The van der Waals surface area contributed by atoms with E-state index in [9.17, 15) is 8.42 Å². The number of fused-ring (bicyclic) bond motifs is 5. The number of rotatable bonds is 3. The summed E-state index contributed by atoms with van der Waals surface area (Å²) in [5.74, 6) is 0.306. The molecule has 0 spiro atoms. The summed E-state index contributed by atoms with van der Waals surface area (Å²) in [6, 6.07) is 12.0. The number of hydrazone groups is 1. The van der Waals surface area contributed by atoms with Crippen molar-refractivity contribution in [3.63, 3.8) is 0 Å². The zero-order valence-corrected chi connectivity index (χ0v) is 18.1. The van der Waals surface area contributed by atoms with Gasteiger partial charge in [0.05, 0.1) is 16.2 Å². The number of nitrogens with one attached hydrogen (secondary N) is 1. The largest absolute Gasteiger partial charge is 0.277 e. The fraction of sp³-hybridized carbons (Fsp3) is 0.273. The molecule has 0 amide bonds. The van der Waals surface area contributed by atoms with Gasteiger partial charge in [0.15, 0.2) is 5.69 Å². The zero-order valence-electron chi connectivity index (χ0n) is 16.5. The Kier molecular flexibility index (Phi) is 4.15. The topological polar surface area (TPSA) is 62.4 Å². The van der Waals surface area contributed by atoms with Gasteiger partial charge in [-0.25, -0.2) is 0 Å². The van der Waals surface area contributed by atoms with Crippen molar-refractivity contribution >= 4 is 27.1 Å². The van der Waals surface area contributed by atoms with E-state index in [0.29, 0.717) is 10.8 Å². The van der Waals surface area contributed by atoms with Gasteiger partial charge < -0.3 is 0 Å². The van der Waals surface area contributed by atoms with Crippen molar-refractivity contribution < 1.29 is 13.0 Å². The van der Waals surface area contributed by atoms with Crippen molar-refractivity contribution in [3.05, 3.63) is 80.8 Å². The van der Waals surface area contributed by atoms with Crippen LogP contribution in [0, 0.1) is 20.8 Å². The highest BCUT2D eigenvalue weighted by atomic mass is 32.2. The molecule has 7 heteroatoms. The normalized spacial score (nSPS) is 21.1. The fourth-order valence-corrected chi connectivity index (χ4v) is 7.03. The minimum Gasteiger partial charge on any atom is -0.200 e. The molecule has 0 saturated carbocycles. The molecule has 148 valence electrons. The summed E-state index contributed by atoms with van der Waals surface area (Å²) in [5, 5.41) is 6.67. The molecule has 2 atom stereocenters. The monoisotopic (exact) mass is 424 g/mol. The smallest absolute Gasteiger partial charge is 0.200 e. The number of aryl methyl sites for hydroxylation is 3. The third-order valence-corrected chi connectivity index (χ3v) is 8.17. The number of nitrogens with zero attached hydrogens (tertiary/aromatic N) is 2. The standard InChI is InChI=1S/C22H22N3O2S2/c1-13-8-14(2)22(15(3)9-13)29(26,27)24-23-20-18-7-5-4-6-17(18)19-10-16-11-28-12-25(16)21(19)20/h4-9,11-12,19,21,24H,10H2,1-3H3/q+1/t19-,21-/m1/s1. The third kappa shape index (κ3) is 2.83. The number of sulfonamides is 1. The van der Waals surface area contributed by atoms with Crippen molar-refractivity contribution in [3.8, 4) is 0 Å². The number of benzene rings is 2. The molecule has 0 fully saturated rings. The number of hydrogen-bond donors (Lipinski definition) is 1. The van der Waals surface area contributed by atoms with Crippen LogP contribution in [0.5, 0.6) is 0 Å². The van der Waals surface area contributed by atoms with Gasteiger partial charge in [0.2, 0.25) is 11.6 Å². The maximum absolute atomic E-state index is 13.1. The third-order valence-electron chi connectivity index (χ3n) is 5.90. The fourth-order valence-electron chi connectivity index (χ4n) is 4.92. The van der Waals surface area contributed by atoms with E-state index in [2.05, 4.69) is 31.5 Å². The van der Waals surface area contributed by atoms with Crippen LogP contribution in [0.25, 0.3) is 0 Å². The Morgan fingerprint density at radius 3 is 2.62 bits per heavy atom. The van der Waals surface area contributed by atoms with Crippen LogP contribution in [-0.2, 0) is 16.4 Å². The van der Waals surface area contributed by atoms with Gasteiger partial charge in [0, 0.05) is 12.0 Å². The predicted molar refractivity (Wildman–Crippen MR) is 114 cm³/mol. The highest BCUT2D eigenvalue weighted by molar-refractivity contribution is 7.89. The second kappa shape index (κ2) is 6.50. The first-order chi connectivity index (χ1) is 13.9. The van der Waals surface area contributed by atoms with Crippen molar-refractivity contribution in [1.29, 1.82) is 0 Å². The lowest BCUT2D eigenvalue weighted by Crippen LogP contribution is -2.40. The molecule has 2 heterocycles. The molecule has 29 heavy (non-hydrogen) atoms. The van der Waals surface area contributed by atoms with Crippen LogP contribution in [0.4, 0.5) is 0 Å². The number of aromatic nitrogens is 1. The van der Waals surface area contributed by atoms with E-state index in [-0.39, 0.29) is 6.04 Å². The molecule has 2 aliphatic rings. The Bertz CT molecular complexity index is 1250. The summed E-state index contributed by atoms with van der Waals surface area (Å²) in [5.41, 5.74) is 8.96. The number of thiazole rings is 1. The van der Waals surface area contributed by atoms with Gasteiger partial charge in [-0.2, -0.15) is 22.9 Å². The second-order valence-corrected chi connectivity index (χ2v) is 10.2. The SMILES string of the molecule is Cc1cc(C)c(S(=O)(=O)NN=C2c3ccccc3[C@H]3Cc4csc[n+]4[C@@H]23)c(C)c1. The minimum absolute atomic E-state index is 0.0385. The predicted octanol–water partition coefficient (Wildman–Crippen LogP) is 3.54. The summed E-state index contributed by atoms with van der Waals surface area (Å²) in [6.07, 6.45) is 0.952. The first-order valence-corrected chi connectivity index (χ1v) is 12.0. The highest BCUT2D eigenvalue weighted by Crippen LogP contribution is 2.44. The van der Waals surface area contributed by atoms with Gasteiger partial charge in [0.25, 0.3) is 10.0 Å². The van der Waals surface area contributed by atoms with Crippen LogP contribution >= 0.6 is 11.3 Å². The summed E-state index contributed by atoms with van der Waals surface area (Å²) in [4.78, 5) is 2.86. The summed E-state index contributed by atoms with van der Waals surface area (Å²) in [6.45, 7) is 5.62. The van der Waals surface area contributed by atoms with Gasteiger partial charge in [-0.3, -0.25) is 0 Å². The lowest BCUT2D eigenvalue weighted by atomic mass is 9.97. The van der Waals surface area contributed by atoms with Crippen LogP contribution < -0.4 is 9.40 Å². The second-order valence-electron chi connectivity index (χ2n) is 7.92. The molecule has 0 bridgehead atoms. The Morgan fingerprint density at radius 2 is 1.86 bits per heavy atom. The van der Waals surface area contributed by atoms with E-state index in [4.69, 9.17) is 0 Å². The van der Waals surface area contributed by atoms with E-state index < -0.39 is 10.0 Å². The van der Waals surface area contributed by atoms with E-state index in [1.54, 1.807) is 11.3 Å². The molecule has 0 radical (unpaired) electrons. The maximum atomic E-state index is 13.1. The van der Waals surface area contributed by atoms with Crippen molar-refractivity contribution in [2.75, 3.05) is 0 Å². The van der Waals surface area contributed by atoms with Gasteiger partial charge in [-0.1, -0.05) is 53.3 Å². The summed E-state index contributed by atoms with van der Waals surface area (Å²) < 4.78 is 28.5. The Labute approximate surface area is 174 Å². The van der Waals surface area contributed by atoms with Crippen LogP contribution in [0.2, 0.25) is 0 Å². The maximum Gasteiger partial charge on any atom is 0.277 e. The molecule has 3 aromatic rings. The molecule has 1 aliphatic heterocycles. The Morgan fingerprint density at radius 1 is 1.14 bits per heavy atom. The molecular formula is C22H22N3O2S2+. The van der Waals surface area contributed by atoms with Gasteiger partial charge in [-0.05, 0) is 37.5 Å². The average Bonchev–Trinajstić information content (AvgIpc) is 3.30. The Hall–Kier alpha value is -2.51. The van der Waals surface area contributed by atoms with Crippen LogP contribution in [0.1, 0.15) is 45.5 Å². The zero-order chi connectivity index (χ0) is 20.3. The van der Waals surface area contributed by atoms with E-state index in [0.717, 1.165) is 34.4 Å². The van der Waals surface area contributed by atoms with Crippen molar-refractivity contribution in [2.45, 2.75) is 44.0 Å². The van der Waals surface area contributed by atoms with Crippen LogP contribution in [0.15, 0.2) is 57.3 Å². The molecule has 1 N–H and O–H groups in total. The molecule has 1 aliphatic carbocycles. The van der Waals surface area contributed by atoms with Crippen molar-refractivity contribution in [2.24, 2.45) is 5.10 Å². The van der Waals surface area contributed by atoms with E-state index in [1.165, 1.54) is 11.3 Å². The van der Waals surface area contributed by atoms with E-state index in [1.807, 2.05) is 51.1 Å². The van der Waals surface area contributed by atoms with Crippen LogP contribution in [-0.4, -0.2) is 14.1 Å². The molecule has 5 rings (SSSR count). The minimum atomic E-state index is -3.77. The molecule has 5 nitrogen and oxygen atoms in total. The van der Waals surface area contributed by atoms with Gasteiger partial charge >= 0.3 is 0 Å². The first kappa shape index (κ1) is 18.5. The van der Waals surface area contributed by atoms with Crippen molar-refractivity contribution in [1.82, 2.24) is 4.83 Å². The average molecular weight is 425 g/mol. The first-order valence-electron chi connectivity index (χ1n) is 9.59. The molecule has 2 aromatic carbocycles. The summed E-state index contributed by atoms with van der Waals surface area (Å²) in [7, 11) is -3.77. The molecule has 0 unspecified atom stereocenters. The molecular weight excluding hydrogens is 402 g/mol. The summed E-state index contributed by atoms with van der Waals surface area (Å²) >= 11 is 1.67. The highest BCUT2D eigenvalue weighted by Gasteiger charge is 2.51. The van der Waals surface area contributed by atoms with E-state index >= 15 is 0 Å².